The number of rotatable bonds is 2. The number of hydrogen-bond donors (Lipinski definition) is 2. The van der Waals surface area contributed by atoms with Crippen LogP contribution in [-0.4, -0.2) is 29.5 Å². The van der Waals surface area contributed by atoms with Crippen molar-refractivity contribution in [2.24, 2.45) is 0 Å². The lowest BCUT2D eigenvalue weighted by Crippen LogP contribution is -2.41. The first-order chi connectivity index (χ1) is 10.2. The molecule has 2 N–H and O–H groups in total. The summed E-state index contributed by atoms with van der Waals surface area (Å²) in [6.07, 6.45) is -1.06. The maximum absolute atomic E-state index is 10.7. The highest BCUT2D eigenvalue weighted by molar-refractivity contribution is 7.23. The third-order valence-corrected chi connectivity index (χ3v) is 5.33. The third-order valence-electron chi connectivity index (χ3n) is 4.30. The lowest BCUT2D eigenvalue weighted by Gasteiger charge is -2.32. The normalized spacial score (nSPS) is 19.5. The molecule has 0 unspecified atom stereocenters. The summed E-state index contributed by atoms with van der Waals surface area (Å²) in [5, 5.41) is 12.8. The fourth-order valence-electron chi connectivity index (χ4n) is 2.35. The Morgan fingerprint density at radius 2 is 1.82 bits per heavy atom. The quantitative estimate of drug-likeness (QED) is 0.834. The van der Waals surface area contributed by atoms with Crippen LogP contribution in [0.15, 0.2) is 24.3 Å². The second-order valence-electron chi connectivity index (χ2n) is 6.43. The van der Waals surface area contributed by atoms with Crippen molar-refractivity contribution in [3.63, 3.8) is 0 Å². The van der Waals surface area contributed by atoms with Gasteiger partial charge in [-0.15, -0.1) is 11.3 Å². The van der Waals surface area contributed by atoms with Crippen LogP contribution in [0.5, 0.6) is 0 Å². The summed E-state index contributed by atoms with van der Waals surface area (Å²) in [5.41, 5.74) is 0.181. The van der Waals surface area contributed by atoms with Crippen LogP contribution in [0.1, 0.15) is 27.7 Å². The molecular weight excluding hydrogens is 301 g/mol. The van der Waals surface area contributed by atoms with Gasteiger partial charge in [-0.25, -0.2) is 4.79 Å². The molecule has 22 heavy (non-hydrogen) atoms. The summed E-state index contributed by atoms with van der Waals surface area (Å²) in [4.78, 5) is 10.7. The Kier molecular flexibility index (Phi) is 3.47. The van der Waals surface area contributed by atoms with E-state index in [0.29, 0.717) is 5.00 Å². The van der Waals surface area contributed by atoms with Crippen molar-refractivity contribution in [1.29, 1.82) is 0 Å². The summed E-state index contributed by atoms with van der Waals surface area (Å²) in [5.74, 6) is 0. The summed E-state index contributed by atoms with van der Waals surface area (Å²) < 4.78 is 13.1. The number of carbonyl (C=O) groups is 1. The van der Waals surface area contributed by atoms with Crippen molar-refractivity contribution >= 4 is 45.1 Å². The molecule has 0 atom stereocenters. The second-order valence-corrected chi connectivity index (χ2v) is 7.51. The van der Waals surface area contributed by atoms with Gasteiger partial charge in [0.25, 0.3) is 0 Å². The van der Waals surface area contributed by atoms with Gasteiger partial charge in [-0.3, -0.25) is 5.32 Å². The molecule has 1 aromatic carbocycles. The molecule has 3 rings (SSSR count). The van der Waals surface area contributed by atoms with Crippen LogP contribution < -0.4 is 10.8 Å². The number of amides is 1. The molecule has 1 amide bonds. The van der Waals surface area contributed by atoms with Crippen molar-refractivity contribution in [1.82, 2.24) is 0 Å². The predicted molar refractivity (Wildman–Crippen MR) is 89.2 cm³/mol. The maximum Gasteiger partial charge on any atom is 0.494 e. The molecule has 2 heterocycles. The Balaban J connectivity index is 1.91. The van der Waals surface area contributed by atoms with E-state index in [1.165, 1.54) is 11.3 Å². The summed E-state index contributed by atoms with van der Waals surface area (Å²) in [6.45, 7) is 8.08. The zero-order valence-electron chi connectivity index (χ0n) is 13.0. The minimum Gasteiger partial charge on any atom is -0.465 e. The molecule has 1 aliphatic heterocycles. The molecule has 0 radical (unpaired) electrons. The van der Waals surface area contributed by atoms with Crippen molar-refractivity contribution in [2.75, 3.05) is 5.32 Å². The molecule has 5 nitrogen and oxygen atoms in total. The first kappa shape index (κ1) is 15.3. The summed E-state index contributed by atoms with van der Waals surface area (Å²) >= 11 is 1.40. The molecule has 116 valence electrons. The molecule has 0 spiro atoms. The van der Waals surface area contributed by atoms with Gasteiger partial charge in [0.15, 0.2) is 0 Å². The maximum atomic E-state index is 10.7. The molecule has 1 saturated heterocycles. The number of thiophene rings is 1. The Hall–Kier alpha value is -1.57. The van der Waals surface area contributed by atoms with E-state index >= 15 is 0 Å². The molecule has 7 heteroatoms. The second kappa shape index (κ2) is 4.98. The lowest BCUT2D eigenvalue weighted by atomic mass is 9.79. The SMILES string of the molecule is CC1(C)OB(c2ccc3sc(NC(=O)O)cc3c2)OC1(C)C. The first-order valence-corrected chi connectivity index (χ1v) is 7.89. The van der Waals surface area contributed by atoms with Crippen LogP contribution in [-0.2, 0) is 9.31 Å². The van der Waals surface area contributed by atoms with Crippen molar-refractivity contribution in [3.8, 4) is 0 Å². The van der Waals surface area contributed by atoms with Crippen LogP contribution in [0.3, 0.4) is 0 Å². The standard InChI is InChI=1S/C15H18BNO4S/c1-14(2)15(3,4)21-16(20-14)10-5-6-11-9(7-10)8-12(22-11)17-13(18)19/h5-8,17H,1-4H3,(H,18,19). The molecule has 1 aliphatic rings. The average molecular weight is 319 g/mol. The fourth-order valence-corrected chi connectivity index (χ4v) is 3.29. The molecular formula is C15H18BNO4S. The zero-order valence-corrected chi connectivity index (χ0v) is 13.8. The third kappa shape index (κ3) is 2.60. The molecule has 0 saturated carbocycles. The number of hydrogen-bond acceptors (Lipinski definition) is 4. The van der Waals surface area contributed by atoms with E-state index < -0.39 is 13.2 Å². The minimum atomic E-state index is -1.06. The monoisotopic (exact) mass is 319 g/mol. The Morgan fingerprint density at radius 3 is 2.41 bits per heavy atom. The fraction of sp³-hybridized carbons (Fsp3) is 0.400. The molecule has 2 aromatic rings. The van der Waals surface area contributed by atoms with E-state index in [0.717, 1.165) is 15.5 Å². The highest BCUT2D eigenvalue weighted by Gasteiger charge is 2.51. The number of anilines is 1. The average Bonchev–Trinajstić information content (AvgIpc) is 2.85. The summed E-state index contributed by atoms with van der Waals surface area (Å²) in [7, 11) is -0.412. The highest BCUT2D eigenvalue weighted by Crippen LogP contribution is 2.37. The van der Waals surface area contributed by atoms with E-state index in [2.05, 4.69) is 5.32 Å². The van der Waals surface area contributed by atoms with Gasteiger partial charge in [-0.1, -0.05) is 12.1 Å². The molecule has 1 fully saturated rings. The number of nitrogens with one attached hydrogen (secondary N) is 1. The lowest BCUT2D eigenvalue weighted by molar-refractivity contribution is 0.00578. The van der Waals surface area contributed by atoms with Gasteiger partial charge in [-0.05, 0) is 50.7 Å². The molecule has 1 aromatic heterocycles. The van der Waals surface area contributed by atoms with Gasteiger partial charge in [-0.2, -0.15) is 0 Å². The number of carboxylic acid groups (broad SMARTS) is 1. The molecule has 0 aliphatic carbocycles. The van der Waals surface area contributed by atoms with Gasteiger partial charge < -0.3 is 14.4 Å². The Labute approximate surface area is 133 Å². The van der Waals surface area contributed by atoms with E-state index in [-0.39, 0.29) is 11.2 Å². The number of benzene rings is 1. The van der Waals surface area contributed by atoms with E-state index in [4.69, 9.17) is 14.4 Å². The van der Waals surface area contributed by atoms with Gasteiger partial charge in [0, 0.05) is 4.70 Å². The van der Waals surface area contributed by atoms with Crippen LogP contribution in [0.2, 0.25) is 0 Å². The van der Waals surface area contributed by atoms with Gasteiger partial charge in [0.1, 0.15) is 0 Å². The van der Waals surface area contributed by atoms with Gasteiger partial charge in [0.2, 0.25) is 0 Å². The van der Waals surface area contributed by atoms with E-state index in [9.17, 15) is 4.79 Å². The minimum absolute atomic E-state index is 0.378. The number of fused-ring (bicyclic) bond motifs is 1. The summed E-state index contributed by atoms with van der Waals surface area (Å²) in [6, 6.07) is 7.74. The Bertz CT molecular complexity index is 724. The molecule has 0 bridgehead atoms. The van der Waals surface area contributed by atoms with Crippen LogP contribution in [0.4, 0.5) is 9.80 Å². The van der Waals surface area contributed by atoms with E-state index in [1.807, 2.05) is 52.0 Å². The topological polar surface area (TPSA) is 67.8 Å². The van der Waals surface area contributed by atoms with Crippen LogP contribution >= 0.6 is 11.3 Å². The smallest absolute Gasteiger partial charge is 0.465 e. The van der Waals surface area contributed by atoms with Gasteiger partial charge in [0.05, 0.1) is 16.2 Å². The largest absolute Gasteiger partial charge is 0.494 e. The zero-order chi connectivity index (χ0) is 16.1. The van der Waals surface area contributed by atoms with Crippen LogP contribution in [0, 0.1) is 0 Å². The van der Waals surface area contributed by atoms with Crippen LogP contribution in [0.25, 0.3) is 10.1 Å². The van der Waals surface area contributed by atoms with Gasteiger partial charge >= 0.3 is 13.2 Å². The van der Waals surface area contributed by atoms with Crippen molar-refractivity contribution in [3.05, 3.63) is 24.3 Å². The first-order valence-electron chi connectivity index (χ1n) is 7.07. The van der Waals surface area contributed by atoms with E-state index in [1.54, 1.807) is 0 Å². The predicted octanol–water partition coefficient (Wildman–Crippen LogP) is 3.29. The van der Waals surface area contributed by atoms with Crippen molar-refractivity contribution in [2.45, 2.75) is 38.9 Å². The Morgan fingerprint density at radius 1 is 1.18 bits per heavy atom. The highest BCUT2D eigenvalue weighted by atomic mass is 32.1. The van der Waals surface area contributed by atoms with Crippen molar-refractivity contribution < 1.29 is 19.2 Å².